The summed E-state index contributed by atoms with van der Waals surface area (Å²) in [6.07, 6.45) is 1.04. The van der Waals surface area contributed by atoms with Crippen molar-refractivity contribution in [3.05, 3.63) is 29.8 Å². The van der Waals surface area contributed by atoms with Gasteiger partial charge in [-0.3, -0.25) is 9.59 Å². The summed E-state index contributed by atoms with van der Waals surface area (Å²) < 4.78 is 0. The predicted molar refractivity (Wildman–Crippen MR) is 107 cm³/mol. The third-order valence-electron chi connectivity index (χ3n) is 3.82. The first-order valence-electron chi connectivity index (χ1n) is 8.43. The topological polar surface area (TPSA) is 104 Å². The number of halogens is 2. The van der Waals surface area contributed by atoms with Gasteiger partial charge in [0.15, 0.2) is 0 Å². The molecule has 0 heterocycles. The zero-order valence-corrected chi connectivity index (χ0v) is 16.7. The fraction of sp³-hybridized carbons (Fsp3) is 0.556. The van der Waals surface area contributed by atoms with Gasteiger partial charge in [-0.25, -0.2) is 0 Å². The van der Waals surface area contributed by atoms with Crippen LogP contribution in [0.1, 0.15) is 25.8 Å². The van der Waals surface area contributed by atoms with Crippen molar-refractivity contribution < 1.29 is 19.8 Å². The normalized spacial score (nSPS) is 12.5. The van der Waals surface area contributed by atoms with Crippen LogP contribution in [0.2, 0.25) is 0 Å². The molecule has 0 spiro atoms. The molecule has 1 aromatic carbocycles. The number of aliphatic carboxylic acids is 2. The summed E-state index contributed by atoms with van der Waals surface area (Å²) in [5.41, 5.74) is 7.42. The van der Waals surface area contributed by atoms with Gasteiger partial charge in [0.05, 0.1) is 5.92 Å². The zero-order chi connectivity index (χ0) is 20.1. The number of carboxylic acids is 2. The summed E-state index contributed by atoms with van der Waals surface area (Å²) in [6, 6.07) is 6.76. The van der Waals surface area contributed by atoms with Gasteiger partial charge in [0, 0.05) is 30.5 Å². The molecular weight excluding hydrogens is 379 g/mol. The van der Waals surface area contributed by atoms with Crippen molar-refractivity contribution in [2.45, 2.75) is 32.7 Å². The van der Waals surface area contributed by atoms with Gasteiger partial charge in [-0.15, -0.1) is 23.2 Å². The lowest BCUT2D eigenvalue weighted by molar-refractivity contribution is -0.141. The minimum Gasteiger partial charge on any atom is -0.481 e. The molecule has 6 nitrogen and oxygen atoms in total. The number of carboxylic acid groups (broad SMARTS) is 2. The van der Waals surface area contributed by atoms with Gasteiger partial charge in [0.25, 0.3) is 0 Å². The Bertz CT molecular complexity index is 534. The van der Waals surface area contributed by atoms with Crippen molar-refractivity contribution in [3.8, 4) is 0 Å². The van der Waals surface area contributed by atoms with E-state index in [1.54, 1.807) is 6.92 Å². The molecule has 0 aliphatic rings. The molecular formula is C18H28Cl2N2O4. The van der Waals surface area contributed by atoms with Crippen LogP contribution in [0, 0.1) is 5.92 Å². The summed E-state index contributed by atoms with van der Waals surface area (Å²) >= 11 is 11.5. The van der Waals surface area contributed by atoms with E-state index < -0.39 is 18.0 Å². The Kier molecular flexibility index (Phi) is 12.9. The number of alkyl halides is 2. The van der Waals surface area contributed by atoms with Crippen LogP contribution in [-0.4, -0.2) is 53.0 Å². The Morgan fingerprint density at radius 3 is 1.88 bits per heavy atom. The number of benzene rings is 1. The molecule has 1 rings (SSSR count). The van der Waals surface area contributed by atoms with Gasteiger partial charge in [-0.05, 0) is 30.5 Å². The molecule has 148 valence electrons. The number of nitrogens with two attached hydrogens (primary N) is 1. The smallest absolute Gasteiger partial charge is 0.320 e. The third kappa shape index (κ3) is 9.85. The maximum atomic E-state index is 10.7. The van der Waals surface area contributed by atoms with E-state index in [2.05, 4.69) is 4.90 Å². The molecule has 0 bridgehead atoms. The molecule has 2 unspecified atom stereocenters. The van der Waals surface area contributed by atoms with E-state index in [9.17, 15) is 9.59 Å². The van der Waals surface area contributed by atoms with Crippen molar-refractivity contribution in [1.82, 2.24) is 0 Å². The first-order chi connectivity index (χ1) is 12.3. The Hall–Kier alpha value is -1.50. The average Bonchev–Trinajstić information content (AvgIpc) is 2.61. The van der Waals surface area contributed by atoms with E-state index in [1.807, 2.05) is 31.2 Å². The zero-order valence-electron chi connectivity index (χ0n) is 15.2. The molecule has 0 radical (unpaired) electrons. The summed E-state index contributed by atoms with van der Waals surface area (Å²) in [5.74, 6) is -0.817. The first-order valence-corrected chi connectivity index (χ1v) is 9.50. The quantitative estimate of drug-likeness (QED) is 0.515. The third-order valence-corrected chi connectivity index (χ3v) is 4.16. The number of carbonyl (C=O) groups is 2. The van der Waals surface area contributed by atoms with Gasteiger partial charge in [-0.2, -0.15) is 0 Å². The molecule has 0 saturated heterocycles. The van der Waals surface area contributed by atoms with E-state index in [0.717, 1.165) is 30.8 Å². The number of hydrogen-bond donors (Lipinski definition) is 3. The highest BCUT2D eigenvalue weighted by Gasteiger charge is 2.12. The predicted octanol–water partition coefficient (Wildman–Crippen LogP) is 3.04. The highest BCUT2D eigenvalue weighted by molar-refractivity contribution is 6.18. The van der Waals surface area contributed by atoms with Crippen molar-refractivity contribution >= 4 is 40.8 Å². The van der Waals surface area contributed by atoms with Crippen LogP contribution in [0.4, 0.5) is 5.69 Å². The Balaban J connectivity index is 0.000000758. The van der Waals surface area contributed by atoms with Crippen LogP contribution in [0.3, 0.4) is 0 Å². The van der Waals surface area contributed by atoms with Gasteiger partial charge >= 0.3 is 11.9 Å². The Labute approximate surface area is 164 Å². The van der Waals surface area contributed by atoms with Crippen LogP contribution in [-0.2, 0) is 16.0 Å². The Morgan fingerprint density at radius 2 is 1.58 bits per heavy atom. The first kappa shape index (κ1) is 24.5. The van der Waals surface area contributed by atoms with Crippen LogP contribution >= 0.6 is 23.2 Å². The lowest BCUT2D eigenvalue weighted by Gasteiger charge is -2.23. The van der Waals surface area contributed by atoms with E-state index >= 15 is 0 Å². The summed E-state index contributed by atoms with van der Waals surface area (Å²) in [6.45, 7) is 5.01. The van der Waals surface area contributed by atoms with Crippen molar-refractivity contribution in [2.24, 2.45) is 11.7 Å². The highest BCUT2D eigenvalue weighted by atomic mass is 35.5. The van der Waals surface area contributed by atoms with E-state index in [1.165, 1.54) is 0 Å². The number of anilines is 1. The molecule has 0 fully saturated rings. The summed E-state index contributed by atoms with van der Waals surface area (Å²) in [7, 11) is 0. The lowest BCUT2D eigenvalue weighted by Crippen LogP contribution is -2.32. The second-order valence-electron chi connectivity index (χ2n) is 5.83. The number of hydrogen-bond acceptors (Lipinski definition) is 4. The van der Waals surface area contributed by atoms with Crippen LogP contribution in [0.25, 0.3) is 0 Å². The highest BCUT2D eigenvalue weighted by Crippen LogP contribution is 2.16. The molecule has 8 heteroatoms. The fourth-order valence-electron chi connectivity index (χ4n) is 1.93. The fourth-order valence-corrected chi connectivity index (χ4v) is 2.34. The second kappa shape index (κ2) is 13.7. The minimum absolute atomic E-state index is 0.181. The molecule has 0 saturated carbocycles. The van der Waals surface area contributed by atoms with Gasteiger partial charge in [0.1, 0.15) is 6.04 Å². The molecule has 1 aromatic rings. The molecule has 0 aromatic heterocycles. The average molecular weight is 407 g/mol. The van der Waals surface area contributed by atoms with Crippen molar-refractivity contribution in [1.29, 1.82) is 0 Å². The molecule has 2 atom stereocenters. The van der Waals surface area contributed by atoms with Gasteiger partial charge in [-0.1, -0.05) is 26.0 Å². The van der Waals surface area contributed by atoms with Crippen molar-refractivity contribution in [3.63, 3.8) is 0 Å². The molecule has 0 aliphatic carbocycles. The second-order valence-corrected chi connectivity index (χ2v) is 6.58. The Morgan fingerprint density at radius 1 is 1.08 bits per heavy atom. The molecule has 26 heavy (non-hydrogen) atoms. The van der Waals surface area contributed by atoms with Crippen LogP contribution in [0.15, 0.2) is 24.3 Å². The summed E-state index contributed by atoms with van der Waals surface area (Å²) in [4.78, 5) is 22.7. The molecule has 0 aliphatic heterocycles. The van der Waals surface area contributed by atoms with Crippen molar-refractivity contribution in [2.75, 3.05) is 29.7 Å². The maximum absolute atomic E-state index is 10.7. The maximum Gasteiger partial charge on any atom is 0.320 e. The number of rotatable bonds is 10. The minimum atomic E-state index is -0.991. The SMILES string of the molecule is CCC(C)C(=O)O.NC(Cc1ccc(N(CCCl)CCCl)cc1)C(=O)O. The largest absolute Gasteiger partial charge is 0.481 e. The standard InChI is InChI=1S/C13H18Cl2N2O2.C5H10O2/c14-5-7-17(8-6-15)11-3-1-10(2-4-11)9-12(16)13(18)19;1-3-4(2)5(6)7/h1-4,12H,5-9,16H2,(H,18,19);4H,3H2,1-2H3,(H,6,7). The van der Waals surface area contributed by atoms with E-state index in [0.29, 0.717) is 18.2 Å². The van der Waals surface area contributed by atoms with E-state index in [-0.39, 0.29) is 5.92 Å². The van der Waals surface area contributed by atoms with Gasteiger partial charge in [0.2, 0.25) is 0 Å². The monoisotopic (exact) mass is 406 g/mol. The number of nitrogens with zero attached hydrogens (tertiary/aromatic N) is 1. The van der Waals surface area contributed by atoms with E-state index in [4.69, 9.17) is 39.1 Å². The summed E-state index contributed by atoms with van der Waals surface area (Å²) in [5, 5.41) is 16.9. The van der Waals surface area contributed by atoms with Crippen LogP contribution in [0.5, 0.6) is 0 Å². The van der Waals surface area contributed by atoms with Gasteiger partial charge < -0.3 is 20.8 Å². The molecule has 0 amide bonds. The lowest BCUT2D eigenvalue weighted by atomic mass is 10.1. The van der Waals surface area contributed by atoms with Crippen LogP contribution < -0.4 is 10.6 Å². The molecule has 4 N–H and O–H groups in total.